The summed E-state index contributed by atoms with van der Waals surface area (Å²) < 4.78 is 5.28. The number of oxazole rings is 1. The van der Waals surface area contributed by atoms with Crippen LogP contribution in [0.5, 0.6) is 0 Å². The van der Waals surface area contributed by atoms with E-state index in [-0.39, 0.29) is 0 Å². The molecule has 1 aromatic carbocycles. The van der Waals surface area contributed by atoms with Crippen molar-refractivity contribution in [1.29, 1.82) is 0 Å². The lowest BCUT2D eigenvalue weighted by Gasteiger charge is -2.02. The first-order valence-electron chi connectivity index (χ1n) is 3.97. The van der Waals surface area contributed by atoms with E-state index < -0.39 is 6.23 Å². The van der Waals surface area contributed by atoms with Gasteiger partial charge in [0.1, 0.15) is 11.7 Å². The molecule has 68 valence electrons. The summed E-state index contributed by atoms with van der Waals surface area (Å²) >= 11 is 0. The van der Waals surface area contributed by atoms with Gasteiger partial charge in [-0.1, -0.05) is 6.07 Å². The summed E-state index contributed by atoms with van der Waals surface area (Å²) in [6.07, 6.45) is -0.963. The average Bonchev–Trinajstić information content (AvgIpc) is 2.42. The Morgan fingerprint density at radius 2 is 2.31 bits per heavy atom. The van der Waals surface area contributed by atoms with Crippen LogP contribution in [0.1, 0.15) is 17.7 Å². The molecule has 0 aliphatic rings. The first kappa shape index (κ1) is 8.22. The number of aliphatic hydroxyl groups is 1. The Balaban J connectivity index is 2.61. The number of hydrogen-bond acceptors (Lipinski definition) is 4. The van der Waals surface area contributed by atoms with Crippen molar-refractivity contribution in [1.82, 2.24) is 4.98 Å². The topological polar surface area (TPSA) is 72.3 Å². The third-order valence-electron chi connectivity index (χ3n) is 1.86. The third kappa shape index (κ3) is 1.41. The highest BCUT2D eigenvalue weighted by atomic mass is 16.3. The SMILES string of the molecule is Cc1nc2ccc(C(N)O)cc2o1. The van der Waals surface area contributed by atoms with Gasteiger partial charge in [0.25, 0.3) is 0 Å². The molecule has 0 radical (unpaired) electrons. The Kier molecular flexibility index (Phi) is 1.79. The second-order valence-electron chi connectivity index (χ2n) is 2.90. The number of aromatic nitrogens is 1. The van der Waals surface area contributed by atoms with Gasteiger partial charge in [-0.25, -0.2) is 4.98 Å². The summed E-state index contributed by atoms with van der Waals surface area (Å²) in [4.78, 5) is 4.12. The standard InChI is InChI=1S/C9H10N2O2/c1-5-11-7-3-2-6(9(10)12)4-8(7)13-5/h2-4,9,12H,10H2,1H3. The van der Waals surface area contributed by atoms with Crippen molar-refractivity contribution in [2.24, 2.45) is 5.73 Å². The molecule has 2 rings (SSSR count). The Morgan fingerprint density at radius 1 is 1.54 bits per heavy atom. The van der Waals surface area contributed by atoms with Crippen molar-refractivity contribution in [3.05, 3.63) is 29.7 Å². The first-order chi connectivity index (χ1) is 6.16. The molecular weight excluding hydrogens is 168 g/mol. The maximum Gasteiger partial charge on any atom is 0.192 e. The van der Waals surface area contributed by atoms with E-state index in [4.69, 9.17) is 15.3 Å². The Bertz CT molecular complexity index is 434. The molecule has 0 amide bonds. The monoisotopic (exact) mass is 178 g/mol. The molecule has 0 saturated heterocycles. The average molecular weight is 178 g/mol. The summed E-state index contributed by atoms with van der Waals surface area (Å²) in [7, 11) is 0. The zero-order valence-electron chi connectivity index (χ0n) is 7.19. The van der Waals surface area contributed by atoms with E-state index in [1.54, 1.807) is 25.1 Å². The van der Waals surface area contributed by atoms with E-state index in [2.05, 4.69) is 4.98 Å². The predicted octanol–water partition coefficient (Wildman–Crippen LogP) is 1.09. The van der Waals surface area contributed by atoms with Gasteiger partial charge in [0.05, 0.1) is 0 Å². The Labute approximate surface area is 75.0 Å². The van der Waals surface area contributed by atoms with Crippen LogP contribution in [0, 0.1) is 6.92 Å². The molecule has 2 aromatic rings. The number of hydrogen-bond donors (Lipinski definition) is 2. The Morgan fingerprint density at radius 3 is 3.00 bits per heavy atom. The zero-order chi connectivity index (χ0) is 9.42. The van der Waals surface area contributed by atoms with E-state index in [0.29, 0.717) is 17.0 Å². The van der Waals surface area contributed by atoms with Gasteiger partial charge in [-0.3, -0.25) is 0 Å². The van der Waals surface area contributed by atoms with Gasteiger partial charge in [-0.05, 0) is 17.7 Å². The van der Waals surface area contributed by atoms with Crippen LogP contribution in [0.25, 0.3) is 11.1 Å². The Hall–Kier alpha value is -1.39. The number of nitrogens with two attached hydrogens (primary N) is 1. The van der Waals surface area contributed by atoms with Crippen molar-refractivity contribution in [3.8, 4) is 0 Å². The van der Waals surface area contributed by atoms with Crippen molar-refractivity contribution >= 4 is 11.1 Å². The van der Waals surface area contributed by atoms with Crippen molar-refractivity contribution in [3.63, 3.8) is 0 Å². The first-order valence-corrected chi connectivity index (χ1v) is 3.97. The van der Waals surface area contributed by atoms with Gasteiger partial charge in [0.2, 0.25) is 0 Å². The lowest BCUT2D eigenvalue weighted by Crippen LogP contribution is -2.07. The van der Waals surface area contributed by atoms with Gasteiger partial charge >= 0.3 is 0 Å². The zero-order valence-corrected chi connectivity index (χ0v) is 7.19. The molecule has 1 aromatic heterocycles. The minimum atomic E-state index is -0.963. The van der Waals surface area contributed by atoms with Crippen LogP contribution >= 0.6 is 0 Å². The molecule has 1 unspecified atom stereocenters. The lowest BCUT2D eigenvalue weighted by molar-refractivity contribution is 0.186. The molecule has 0 bridgehead atoms. The minimum absolute atomic E-state index is 0.610. The molecule has 13 heavy (non-hydrogen) atoms. The van der Waals surface area contributed by atoms with E-state index in [1.165, 1.54) is 0 Å². The van der Waals surface area contributed by atoms with Crippen LogP contribution in [-0.2, 0) is 0 Å². The fraction of sp³-hybridized carbons (Fsp3) is 0.222. The number of fused-ring (bicyclic) bond motifs is 1. The number of aryl methyl sites for hydroxylation is 1. The highest BCUT2D eigenvalue weighted by molar-refractivity contribution is 5.73. The highest BCUT2D eigenvalue weighted by Crippen LogP contribution is 2.18. The van der Waals surface area contributed by atoms with E-state index in [9.17, 15) is 0 Å². The summed E-state index contributed by atoms with van der Waals surface area (Å²) in [5.41, 5.74) is 7.37. The van der Waals surface area contributed by atoms with Crippen LogP contribution in [0.3, 0.4) is 0 Å². The summed E-state index contributed by atoms with van der Waals surface area (Å²) in [6.45, 7) is 1.78. The second kappa shape index (κ2) is 2.83. The van der Waals surface area contributed by atoms with Crippen LogP contribution in [0.15, 0.2) is 22.6 Å². The fourth-order valence-corrected chi connectivity index (χ4v) is 1.24. The number of aliphatic hydroxyl groups excluding tert-OH is 1. The molecular formula is C9H10N2O2. The van der Waals surface area contributed by atoms with Crippen LogP contribution in [0.2, 0.25) is 0 Å². The van der Waals surface area contributed by atoms with Crippen LogP contribution in [0.4, 0.5) is 0 Å². The van der Waals surface area contributed by atoms with Crippen LogP contribution in [-0.4, -0.2) is 10.1 Å². The molecule has 0 spiro atoms. The quantitative estimate of drug-likeness (QED) is 0.641. The third-order valence-corrected chi connectivity index (χ3v) is 1.86. The van der Waals surface area contributed by atoms with Gasteiger partial charge in [-0.2, -0.15) is 0 Å². The maximum atomic E-state index is 9.11. The molecule has 1 heterocycles. The van der Waals surface area contributed by atoms with Crippen molar-refractivity contribution in [2.45, 2.75) is 13.2 Å². The summed E-state index contributed by atoms with van der Waals surface area (Å²) in [5.74, 6) is 0.610. The molecule has 4 heteroatoms. The largest absolute Gasteiger partial charge is 0.441 e. The molecule has 1 atom stereocenters. The maximum absolute atomic E-state index is 9.11. The van der Waals surface area contributed by atoms with Crippen molar-refractivity contribution < 1.29 is 9.52 Å². The van der Waals surface area contributed by atoms with E-state index in [0.717, 1.165) is 5.52 Å². The van der Waals surface area contributed by atoms with Crippen molar-refractivity contribution in [2.75, 3.05) is 0 Å². The van der Waals surface area contributed by atoms with Gasteiger partial charge in [-0.15, -0.1) is 0 Å². The van der Waals surface area contributed by atoms with Crippen LogP contribution < -0.4 is 5.73 Å². The summed E-state index contributed by atoms with van der Waals surface area (Å²) in [6, 6.07) is 5.20. The van der Waals surface area contributed by atoms with Gasteiger partial charge < -0.3 is 15.3 Å². The molecule has 0 aliphatic carbocycles. The van der Waals surface area contributed by atoms with Gasteiger partial charge in [0, 0.05) is 6.92 Å². The highest BCUT2D eigenvalue weighted by Gasteiger charge is 2.05. The minimum Gasteiger partial charge on any atom is -0.441 e. The van der Waals surface area contributed by atoms with E-state index >= 15 is 0 Å². The normalized spacial score (nSPS) is 13.5. The number of rotatable bonds is 1. The molecule has 4 nitrogen and oxygen atoms in total. The molecule has 0 fully saturated rings. The van der Waals surface area contributed by atoms with E-state index in [1.807, 2.05) is 0 Å². The smallest absolute Gasteiger partial charge is 0.192 e. The number of nitrogens with zero attached hydrogens (tertiary/aromatic N) is 1. The molecule has 0 aliphatic heterocycles. The van der Waals surface area contributed by atoms with Gasteiger partial charge in [0.15, 0.2) is 11.5 Å². The fourth-order valence-electron chi connectivity index (χ4n) is 1.24. The molecule has 0 saturated carbocycles. The lowest BCUT2D eigenvalue weighted by atomic mass is 10.2. The predicted molar refractivity (Wildman–Crippen MR) is 47.9 cm³/mol. The summed E-state index contributed by atoms with van der Waals surface area (Å²) in [5, 5.41) is 9.11. The molecule has 3 N–H and O–H groups in total. The number of benzene rings is 1. The second-order valence-corrected chi connectivity index (χ2v) is 2.90.